The first-order chi connectivity index (χ1) is 18.5. The first-order valence-corrected chi connectivity index (χ1v) is 17.1. The molecular formula is C32H38O6SSi. The maximum absolute atomic E-state index is 12.2. The predicted octanol–water partition coefficient (Wildman–Crippen LogP) is 8.21. The van der Waals surface area contributed by atoms with Crippen LogP contribution in [0, 0.1) is 13.8 Å². The van der Waals surface area contributed by atoms with E-state index >= 15 is 0 Å². The van der Waals surface area contributed by atoms with Gasteiger partial charge in [-0.3, -0.25) is 0 Å². The Morgan fingerprint density at radius 2 is 1.57 bits per heavy atom. The van der Waals surface area contributed by atoms with Gasteiger partial charge in [0.1, 0.15) is 17.9 Å². The number of cyclic esters (lactones) is 2. The van der Waals surface area contributed by atoms with Crippen LogP contribution in [0.1, 0.15) is 56.2 Å². The number of aryl methyl sites for hydroxylation is 2. The highest BCUT2D eigenvalue weighted by molar-refractivity contribution is 7.14. The van der Waals surface area contributed by atoms with Crippen molar-refractivity contribution in [2.45, 2.75) is 79.0 Å². The van der Waals surface area contributed by atoms with Crippen LogP contribution < -0.4 is 9.16 Å². The molecule has 1 aliphatic rings. The maximum atomic E-state index is 12.2. The van der Waals surface area contributed by atoms with Gasteiger partial charge in [-0.05, 0) is 96.2 Å². The molecule has 0 saturated carbocycles. The summed E-state index contributed by atoms with van der Waals surface area (Å²) >= 11 is 1.34. The molecule has 2 heterocycles. The van der Waals surface area contributed by atoms with Crippen molar-refractivity contribution < 1.29 is 28.2 Å². The number of hydrogen-bond donors (Lipinski definition) is 0. The molecule has 2 aromatic carbocycles. The highest BCUT2D eigenvalue weighted by atomic mass is 32.1. The van der Waals surface area contributed by atoms with Crippen molar-refractivity contribution in [3.05, 3.63) is 75.7 Å². The lowest BCUT2D eigenvalue weighted by Crippen LogP contribution is -2.43. The van der Waals surface area contributed by atoms with E-state index in [2.05, 4.69) is 72.0 Å². The van der Waals surface area contributed by atoms with E-state index < -0.39 is 26.0 Å². The van der Waals surface area contributed by atoms with Crippen molar-refractivity contribution in [1.82, 2.24) is 0 Å². The molecule has 0 atom stereocenters. The van der Waals surface area contributed by atoms with E-state index in [0.717, 1.165) is 16.9 Å². The summed E-state index contributed by atoms with van der Waals surface area (Å²) in [5.74, 6) is -1.72. The summed E-state index contributed by atoms with van der Waals surface area (Å²) in [6.07, 6.45) is 1.47. The van der Waals surface area contributed by atoms with Crippen molar-refractivity contribution in [1.29, 1.82) is 0 Å². The summed E-state index contributed by atoms with van der Waals surface area (Å²) < 4.78 is 22.9. The molecular weight excluding hydrogens is 540 g/mol. The molecule has 3 aromatic rings. The fraction of sp³-hybridized carbons (Fsp3) is 0.375. The summed E-state index contributed by atoms with van der Waals surface area (Å²) in [6.45, 7) is 19.0. The van der Waals surface area contributed by atoms with Crippen LogP contribution in [-0.2, 0) is 25.7 Å². The van der Waals surface area contributed by atoms with Gasteiger partial charge in [0.15, 0.2) is 5.06 Å². The first-order valence-electron chi connectivity index (χ1n) is 13.4. The summed E-state index contributed by atoms with van der Waals surface area (Å²) in [5.41, 5.74) is 5.57. The molecule has 0 amide bonds. The topological polar surface area (TPSA) is 71.1 Å². The quantitative estimate of drug-likeness (QED) is 0.122. The van der Waals surface area contributed by atoms with Gasteiger partial charge < -0.3 is 18.6 Å². The Kier molecular flexibility index (Phi) is 8.07. The number of ether oxygens (including phenoxy) is 3. The number of thiophene rings is 1. The van der Waals surface area contributed by atoms with E-state index in [1.807, 2.05) is 18.2 Å². The fourth-order valence-corrected chi connectivity index (χ4v) is 6.08. The third-order valence-electron chi connectivity index (χ3n) is 7.29. The van der Waals surface area contributed by atoms with Crippen molar-refractivity contribution in [3.63, 3.8) is 0 Å². The number of hydrogen-bond acceptors (Lipinski definition) is 7. The average molecular weight is 579 g/mol. The molecule has 40 heavy (non-hydrogen) atoms. The highest BCUT2D eigenvalue weighted by Gasteiger charge is 2.40. The minimum absolute atomic E-state index is 0.132. The van der Waals surface area contributed by atoms with E-state index in [-0.39, 0.29) is 10.6 Å². The molecule has 212 valence electrons. The molecule has 6 nitrogen and oxygen atoms in total. The van der Waals surface area contributed by atoms with Crippen molar-refractivity contribution in [2.75, 3.05) is 0 Å². The molecule has 0 unspecified atom stereocenters. The lowest BCUT2D eigenvalue weighted by molar-refractivity contribution is -0.222. The van der Waals surface area contributed by atoms with Crippen molar-refractivity contribution in [3.8, 4) is 21.9 Å². The SMILES string of the molecule is Cc1cc(O[Si](C)(C)C(C)(C)C)cc(C)c1-c1cccc(COc2ccc(C=C3C(=O)OC(C)(C)OC3=O)s2)c1. The van der Waals surface area contributed by atoms with E-state index in [9.17, 15) is 9.59 Å². The molecule has 8 heteroatoms. The number of rotatable bonds is 7. The normalized spacial score (nSPS) is 15.4. The minimum Gasteiger partial charge on any atom is -0.543 e. The van der Waals surface area contributed by atoms with Crippen LogP contribution in [-0.4, -0.2) is 26.0 Å². The summed E-state index contributed by atoms with van der Waals surface area (Å²) in [5, 5.41) is 0.807. The Bertz CT molecular complexity index is 1430. The van der Waals surface area contributed by atoms with Crippen LogP contribution >= 0.6 is 11.3 Å². The van der Waals surface area contributed by atoms with Gasteiger partial charge >= 0.3 is 11.9 Å². The molecule has 0 aliphatic carbocycles. The van der Waals surface area contributed by atoms with Crippen molar-refractivity contribution >= 4 is 37.7 Å². The van der Waals surface area contributed by atoms with Crippen LogP contribution in [0.4, 0.5) is 0 Å². The summed E-state index contributed by atoms with van der Waals surface area (Å²) in [6, 6.07) is 16.2. The fourth-order valence-electron chi connectivity index (χ4n) is 4.27. The Labute approximate surface area is 242 Å². The minimum atomic E-state index is -1.93. The van der Waals surface area contributed by atoms with Crippen LogP contribution in [0.3, 0.4) is 0 Å². The van der Waals surface area contributed by atoms with Crippen molar-refractivity contribution in [2.24, 2.45) is 0 Å². The number of carbonyl (C=O) groups is 2. The molecule has 4 rings (SSSR count). The summed E-state index contributed by atoms with van der Waals surface area (Å²) in [4.78, 5) is 25.2. The molecule has 0 spiro atoms. The Morgan fingerprint density at radius 1 is 0.950 bits per heavy atom. The molecule has 1 aromatic heterocycles. The molecule has 1 aliphatic heterocycles. The lowest BCUT2D eigenvalue weighted by atomic mass is 9.94. The van der Waals surface area contributed by atoms with E-state index in [4.69, 9.17) is 18.6 Å². The average Bonchev–Trinajstić information content (AvgIpc) is 3.26. The van der Waals surface area contributed by atoms with Gasteiger partial charge in [0.05, 0.1) is 0 Å². The molecule has 1 saturated heterocycles. The second-order valence-corrected chi connectivity index (χ2v) is 18.0. The van der Waals surface area contributed by atoms with Crippen LogP contribution in [0.5, 0.6) is 10.8 Å². The number of carbonyl (C=O) groups excluding carboxylic acids is 2. The second-order valence-electron chi connectivity index (χ2n) is 12.2. The zero-order chi connectivity index (χ0) is 29.5. The van der Waals surface area contributed by atoms with Crippen LogP contribution in [0.2, 0.25) is 18.1 Å². The van der Waals surface area contributed by atoms with Gasteiger partial charge in [0.25, 0.3) is 5.79 Å². The Morgan fingerprint density at radius 3 is 2.17 bits per heavy atom. The molecule has 0 bridgehead atoms. The highest BCUT2D eigenvalue weighted by Crippen LogP contribution is 2.39. The molecule has 0 N–H and O–H groups in total. The molecule has 0 radical (unpaired) electrons. The van der Waals surface area contributed by atoms with Crippen LogP contribution in [0.15, 0.2) is 54.1 Å². The smallest absolute Gasteiger partial charge is 0.348 e. The zero-order valence-corrected chi connectivity index (χ0v) is 26.6. The zero-order valence-electron chi connectivity index (χ0n) is 24.8. The van der Waals surface area contributed by atoms with Gasteiger partial charge in [0.2, 0.25) is 8.32 Å². The third-order valence-corrected chi connectivity index (χ3v) is 12.6. The van der Waals surface area contributed by atoms with Gasteiger partial charge in [0, 0.05) is 18.7 Å². The lowest BCUT2D eigenvalue weighted by Gasteiger charge is -2.36. The maximum Gasteiger partial charge on any atom is 0.348 e. The summed E-state index contributed by atoms with van der Waals surface area (Å²) in [7, 11) is -1.93. The second kappa shape index (κ2) is 10.9. The van der Waals surface area contributed by atoms with Gasteiger partial charge in [-0.15, -0.1) is 0 Å². The third kappa shape index (κ3) is 6.67. The standard InChI is InChI=1S/C32H38O6SSi/c1-20-15-24(38-40(8,9)31(3,4)5)16-21(2)28(20)23-12-10-11-22(17-23)19-35-27-14-13-25(39-27)18-26-29(33)36-32(6,7)37-30(26)34/h10-18H,19H2,1-9H3. The van der Waals surface area contributed by atoms with E-state index in [1.54, 1.807) is 6.07 Å². The van der Waals surface area contributed by atoms with E-state index in [0.29, 0.717) is 16.5 Å². The predicted molar refractivity (Wildman–Crippen MR) is 162 cm³/mol. The Hall–Kier alpha value is -3.36. The van der Waals surface area contributed by atoms with Gasteiger partial charge in [-0.1, -0.05) is 50.3 Å². The number of benzene rings is 2. The molecule has 1 fully saturated rings. The van der Waals surface area contributed by atoms with Crippen LogP contribution in [0.25, 0.3) is 17.2 Å². The van der Waals surface area contributed by atoms with E-state index in [1.165, 1.54) is 48.0 Å². The largest absolute Gasteiger partial charge is 0.543 e. The Balaban J connectivity index is 1.47. The first kappa shape index (κ1) is 29.6. The number of esters is 2. The van der Waals surface area contributed by atoms with Gasteiger partial charge in [-0.25, -0.2) is 9.59 Å². The monoisotopic (exact) mass is 578 g/mol. The van der Waals surface area contributed by atoms with Gasteiger partial charge in [-0.2, -0.15) is 0 Å².